The number of anilines is 1. The van der Waals surface area contributed by atoms with Gasteiger partial charge in [-0.1, -0.05) is 36.0 Å². The molecule has 1 N–H and O–H groups in total. The van der Waals surface area contributed by atoms with E-state index in [1.54, 1.807) is 11.0 Å². The van der Waals surface area contributed by atoms with Crippen molar-refractivity contribution in [3.05, 3.63) is 54.6 Å². The van der Waals surface area contributed by atoms with E-state index in [1.165, 1.54) is 11.8 Å². The molecule has 1 aliphatic rings. The molecule has 1 aliphatic heterocycles. The third-order valence-electron chi connectivity index (χ3n) is 2.95. The van der Waals surface area contributed by atoms with Crippen LogP contribution < -0.4 is 9.64 Å². The second kappa shape index (κ2) is 5.56. The predicted molar refractivity (Wildman–Crippen MR) is 78.9 cm³/mol. The van der Waals surface area contributed by atoms with Crippen molar-refractivity contribution in [2.45, 2.75) is 5.44 Å². The lowest BCUT2D eigenvalue weighted by Crippen LogP contribution is -2.28. The van der Waals surface area contributed by atoms with Crippen LogP contribution in [0.4, 0.5) is 5.69 Å². The minimum atomic E-state index is -0.964. The van der Waals surface area contributed by atoms with Crippen LogP contribution in [0.2, 0.25) is 0 Å². The highest BCUT2D eigenvalue weighted by atomic mass is 32.2. The van der Waals surface area contributed by atoms with E-state index in [0.29, 0.717) is 11.6 Å². The Morgan fingerprint density at radius 3 is 2.55 bits per heavy atom. The molecule has 0 bridgehead atoms. The van der Waals surface area contributed by atoms with Crippen LogP contribution in [0.25, 0.3) is 0 Å². The number of para-hydroxylation sites is 1. The van der Waals surface area contributed by atoms with Crippen molar-refractivity contribution < 1.29 is 14.6 Å². The lowest BCUT2D eigenvalue weighted by Gasteiger charge is -2.16. The fourth-order valence-electron chi connectivity index (χ4n) is 1.95. The normalized spacial score (nSPS) is 18.4. The minimum absolute atomic E-state index is 0.285. The standard InChI is InChI=1S/C15H13NO3S/c17-14-15(18)20-10-16(14)11-5-4-8-13(9-11)19-12-6-2-1-3-7-12/h1-9,15,18H,10H2. The lowest BCUT2D eigenvalue weighted by atomic mass is 10.2. The highest BCUT2D eigenvalue weighted by molar-refractivity contribution is 8.01. The van der Waals surface area contributed by atoms with Crippen molar-refractivity contribution >= 4 is 23.4 Å². The van der Waals surface area contributed by atoms with E-state index in [9.17, 15) is 9.90 Å². The maximum atomic E-state index is 11.8. The van der Waals surface area contributed by atoms with Gasteiger partial charge < -0.3 is 9.84 Å². The summed E-state index contributed by atoms with van der Waals surface area (Å²) >= 11 is 1.21. The summed E-state index contributed by atoms with van der Waals surface area (Å²) in [5, 5.41) is 9.47. The number of carbonyl (C=O) groups is 1. The first-order valence-corrected chi connectivity index (χ1v) is 7.23. The number of nitrogens with zero attached hydrogens (tertiary/aromatic N) is 1. The number of amides is 1. The van der Waals surface area contributed by atoms with E-state index in [0.717, 1.165) is 11.4 Å². The van der Waals surface area contributed by atoms with Crippen LogP contribution in [0, 0.1) is 0 Å². The number of aliphatic hydroxyl groups is 1. The monoisotopic (exact) mass is 287 g/mol. The van der Waals surface area contributed by atoms with Crippen molar-refractivity contribution in [3.8, 4) is 11.5 Å². The summed E-state index contributed by atoms with van der Waals surface area (Å²) in [7, 11) is 0. The molecule has 1 heterocycles. The van der Waals surface area contributed by atoms with E-state index in [-0.39, 0.29) is 5.91 Å². The molecule has 1 atom stereocenters. The number of hydrogen-bond acceptors (Lipinski definition) is 4. The molecule has 5 heteroatoms. The Labute approximate surface area is 121 Å². The molecule has 0 saturated carbocycles. The molecule has 1 amide bonds. The van der Waals surface area contributed by atoms with E-state index in [2.05, 4.69) is 0 Å². The van der Waals surface area contributed by atoms with E-state index >= 15 is 0 Å². The van der Waals surface area contributed by atoms with Crippen LogP contribution in [0.1, 0.15) is 0 Å². The van der Waals surface area contributed by atoms with Crippen molar-refractivity contribution in [3.63, 3.8) is 0 Å². The van der Waals surface area contributed by atoms with Crippen LogP contribution in [-0.4, -0.2) is 22.3 Å². The molecule has 3 rings (SSSR count). The van der Waals surface area contributed by atoms with E-state index in [1.807, 2.05) is 48.5 Å². The number of rotatable bonds is 3. The first-order valence-electron chi connectivity index (χ1n) is 6.18. The zero-order chi connectivity index (χ0) is 13.9. The molecule has 0 aliphatic carbocycles. The number of aliphatic hydroxyl groups excluding tert-OH is 1. The van der Waals surface area contributed by atoms with Crippen LogP contribution in [0.5, 0.6) is 11.5 Å². The quantitative estimate of drug-likeness (QED) is 0.943. The number of hydrogen-bond donors (Lipinski definition) is 1. The Balaban J connectivity index is 1.81. The third-order valence-corrected chi connectivity index (χ3v) is 3.87. The maximum absolute atomic E-state index is 11.8. The second-order valence-corrected chi connectivity index (χ2v) is 5.36. The Bertz CT molecular complexity index is 618. The lowest BCUT2D eigenvalue weighted by molar-refractivity contribution is -0.121. The van der Waals surface area contributed by atoms with Gasteiger partial charge in [0.15, 0.2) is 5.44 Å². The molecule has 4 nitrogen and oxygen atoms in total. The summed E-state index contributed by atoms with van der Waals surface area (Å²) in [5.41, 5.74) is -0.235. The van der Waals surface area contributed by atoms with Gasteiger partial charge in [-0.3, -0.25) is 9.69 Å². The molecule has 0 spiro atoms. The molecule has 1 unspecified atom stereocenters. The maximum Gasteiger partial charge on any atom is 0.267 e. The van der Waals surface area contributed by atoms with Crippen LogP contribution in [-0.2, 0) is 4.79 Å². The van der Waals surface area contributed by atoms with Crippen LogP contribution in [0.15, 0.2) is 54.6 Å². The highest BCUT2D eigenvalue weighted by Gasteiger charge is 2.31. The number of ether oxygens (including phenoxy) is 1. The van der Waals surface area contributed by atoms with Gasteiger partial charge in [0.2, 0.25) is 0 Å². The van der Waals surface area contributed by atoms with Gasteiger partial charge >= 0.3 is 0 Å². The summed E-state index contributed by atoms with van der Waals surface area (Å²) in [6.07, 6.45) is 0. The first kappa shape index (κ1) is 13.0. The van der Waals surface area contributed by atoms with Gasteiger partial charge in [-0.2, -0.15) is 0 Å². The molecule has 1 fully saturated rings. The van der Waals surface area contributed by atoms with Gasteiger partial charge in [-0.05, 0) is 24.3 Å². The average Bonchev–Trinajstić information content (AvgIpc) is 2.80. The van der Waals surface area contributed by atoms with Crippen molar-refractivity contribution in [1.82, 2.24) is 0 Å². The Morgan fingerprint density at radius 1 is 1.10 bits per heavy atom. The third kappa shape index (κ3) is 2.64. The SMILES string of the molecule is O=C1C(O)SCN1c1cccc(Oc2ccccc2)c1. The molecular weight excluding hydrogens is 274 g/mol. The Kier molecular flexibility index (Phi) is 3.62. The van der Waals surface area contributed by atoms with Gasteiger partial charge in [0, 0.05) is 11.8 Å². The average molecular weight is 287 g/mol. The fraction of sp³-hybridized carbons (Fsp3) is 0.133. The van der Waals surface area contributed by atoms with Gasteiger partial charge in [-0.25, -0.2) is 0 Å². The molecule has 0 radical (unpaired) electrons. The summed E-state index contributed by atoms with van der Waals surface area (Å²) < 4.78 is 5.73. The smallest absolute Gasteiger partial charge is 0.267 e. The van der Waals surface area contributed by atoms with Crippen LogP contribution in [0.3, 0.4) is 0 Å². The summed E-state index contributed by atoms with van der Waals surface area (Å²) in [6, 6.07) is 16.7. The van der Waals surface area contributed by atoms with Crippen molar-refractivity contribution in [2.24, 2.45) is 0 Å². The molecule has 2 aromatic rings. The van der Waals surface area contributed by atoms with E-state index in [4.69, 9.17) is 4.74 Å². The molecular formula is C15H13NO3S. The number of benzene rings is 2. The van der Waals surface area contributed by atoms with Gasteiger partial charge in [-0.15, -0.1) is 0 Å². The predicted octanol–water partition coefficient (Wildman–Crippen LogP) is 2.83. The zero-order valence-electron chi connectivity index (χ0n) is 10.6. The first-order chi connectivity index (χ1) is 9.74. The largest absolute Gasteiger partial charge is 0.457 e. The molecule has 0 aromatic heterocycles. The zero-order valence-corrected chi connectivity index (χ0v) is 11.4. The van der Waals surface area contributed by atoms with Crippen molar-refractivity contribution in [2.75, 3.05) is 10.8 Å². The Morgan fingerprint density at radius 2 is 1.85 bits per heavy atom. The Hall–Kier alpha value is -1.98. The van der Waals surface area contributed by atoms with Crippen molar-refractivity contribution in [1.29, 1.82) is 0 Å². The van der Waals surface area contributed by atoms with Gasteiger partial charge in [0.25, 0.3) is 5.91 Å². The number of carbonyl (C=O) groups excluding carboxylic acids is 1. The second-order valence-electron chi connectivity index (χ2n) is 4.33. The molecule has 102 valence electrons. The molecule has 2 aromatic carbocycles. The fourth-order valence-corrected chi connectivity index (χ4v) is 2.79. The molecule has 1 saturated heterocycles. The topological polar surface area (TPSA) is 49.8 Å². The van der Waals surface area contributed by atoms with E-state index < -0.39 is 5.44 Å². The van der Waals surface area contributed by atoms with Crippen LogP contribution >= 0.6 is 11.8 Å². The summed E-state index contributed by atoms with van der Waals surface area (Å²) in [4.78, 5) is 13.3. The molecule has 20 heavy (non-hydrogen) atoms. The highest BCUT2D eigenvalue weighted by Crippen LogP contribution is 2.31. The summed E-state index contributed by atoms with van der Waals surface area (Å²) in [5.74, 6) is 1.57. The summed E-state index contributed by atoms with van der Waals surface area (Å²) in [6.45, 7) is 0. The van der Waals surface area contributed by atoms with Gasteiger partial charge in [0.05, 0.1) is 5.88 Å². The van der Waals surface area contributed by atoms with Gasteiger partial charge in [0.1, 0.15) is 11.5 Å². The number of thioether (sulfide) groups is 1. The minimum Gasteiger partial charge on any atom is -0.457 e.